The molecule has 0 aliphatic heterocycles. The van der Waals surface area contributed by atoms with Gasteiger partial charge < -0.3 is 10.1 Å². The summed E-state index contributed by atoms with van der Waals surface area (Å²) in [5.41, 5.74) is 2.77. The number of carbonyl (C=O) groups excluding carboxylic acids is 1. The van der Waals surface area contributed by atoms with Crippen molar-refractivity contribution >= 4 is 34.1 Å². The molecule has 35 heavy (non-hydrogen) atoms. The summed E-state index contributed by atoms with van der Waals surface area (Å²) in [5.74, 6) is 1.53. The highest BCUT2D eigenvalue weighted by Gasteiger charge is 2.19. The Morgan fingerprint density at radius 1 is 0.886 bits per heavy atom. The molecule has 0 spiro atoms. The summed E-state index contributed by atoms with van der Waals surface area (Å²) < 4.78 is 7.59. The lowest BCUT2D eigenvalue weighted by Gasteiger charge is -2.13. The fourth-order valence-electron chi connectivity index (χ4n) is 3.98. The number of amides is 1. The van der Waals surface area contributed by atoms with E-state index < -0.39 is 0 Å². The summed E-state index contributed by atoms with van der Waals surface area (Å²) >= 11 is 1.36. The van der Waals surface area contributed by atoms with E-state index in [0.29, 0.717) is 17.5 Å². The van der Waals surface area contributed by atoms with Gasteiger partial charge in [-0.2, -0.15) is 0 Å². The normalized spacial score (nSPS) is 10.9. The Balaban J connectivity index is 1.40. The maximum absolute atomic E-state index is 12.9. The molecule has 1 N–H and O–H groups in total. The number of benzene rings is 4. The Bertz CT molecular complexity index is 1460. The van der Waals surface area contributed by atoms with Crippen molar-refractivity contribution in [3.05, 3.63) is 103 Å². The van der Waals surface area contributed by atoms with E-state index in [4.69, 9.17) is 4.74 Å². The van der Waals surface area contributed by atoms with Gasteiger partial charge in [-0.15, -0.1) is 10.2 Å². The summed E-state index contributed by atoms with van der Waals surface area (Å²) in [7, 11) is 1.64. The number of methoxy groups -OCH3 is 1. The summed E-state index contributed by atoms with van der Waals surface area (Å²) in [6, 6.07) is 31.8. The molecule has 7 heteroatoms. The Morgan fingerprint density at radius 2 is 1.63 bits per heavy atom. The van der Waals surface area contributed by atoms with E-state index in [9.17, 15) is 4.79 Å². The number of aromatic nitrogens is 3. The molecular formula is C28H24N4O2S. The molecule has 5 aromatic rings. The molecule has 0 aliphatic rings. The Hall–Kier alpha value is -4.10. The van der Waals surface area contributed by atoms with E-state index in [0.717, 1.165) is 33.3 Å². The van der Waals surface area contributed by atoms with Crippen molar-refractivity contribution in [3.8, 4) is 17.1 Å². The molecule has 1 amide bonds. The van der Waals surface area contributed by atoms with Crippen LogP contribution in [0.5, 0.6) is 5.75 Å². The Morgan fingerprint density at radius 3 is 2.49 bits per heavy atom. The molecule has 0 bridgehead atoms. The van der Waals surface area contributed by atoms with Crippen LogP contribution in [0.15, 0.2) is 102 Å². The number of fused-ring (bicyclic) bond motifs is 1. The number of hydrogen-bond donors (Lipinski definition) is 1. The molecule has 5 rings (SSSR count). The molecule has 0 fully saturated rings. The maximum Gasteiger partial charge on any atom is 0.234 e. The third kappa shape index (κ3) is 5.05. The number of anilines is 1. The average molecular weight is 481 g/mol. The highest BCUT2D eigenvalue weighted by Crippen LogP contribution is 2.31. The van der Waals surface area contributed by atoms with Gasteiger partial charge in [0.05, 0.1) is 25.0 Å². The first-order chi connectivity index (χ1) is 17.2. The lowest BCUT2D eigenvalue weighted by molar-refractivity contribution is -0.113. The minimum absolute atomic E-state index is 0.0977. The maximum atomic E-state index is 12.9. The summed E-state index contributed by atoms with van der Waals surface area (Å²) in [4.78, 5) is 12.9. The van der Waals surface area contributed by atoms with E-state index in [1.165, 1.54) is 11.8 Å². The molecule has 174 valence electrons. The van der Waals surface area contributed by atoms with Gasteiger partial charge in [0, 0.05) is 11.1 Å². The van der Waals surface area contributed by atoms with Crippen LogP contribution < -0.4 is 10.1 Å². The fourth-order valence-corrected chi connectivity index (χ4v) is 4.72. The van der Waals surface area contributed by atoms with E-state index in [2.05, 4.69) is 27.6 Å². The lowest BCUT2D eigenvalue weighted by Crippen LogP contribution is -2.15. The summed E-state index contributed by atoms with van der Waals surface area (Å²) in [6.07, 6.45) is 0. The van der Waals surface area contributed by atoms with Gasteiger partial charge in [0.2, 0.25) is 5.91 Å². The van der Waals surface area contributed by atoms with Gasteiger partial charge in [0.1, 0.15) is 5.75 Å². The predicted octanol–water partition coefficient (Wildman–Crippen LogP) is 5.89. The number of ether oxygens (including phenoxy) is 1. The van der Waals surface area contributed by atoms with E-state index in [1.807, 2.05) is 89.5 Å². The van der Waals surface area contributed by atoms with Crippen LogP contribution in [-0.4, -0.2) is 33.5 Å². The van der Waals surface area contributed by atoms with Gasteiger partial charge in [-0.05, 0) is 29.1 Å². The molecule has 1 aromatic heterocycles. The lowest BCUT2D eigenvalue weighted by atomic mass is 10.1. The van der Waals surface area contributed by atoms with Crippen LogP contribution in [-0.2, 0) is 11.3 Å². The van der Waals surface area contributed by atoms with Gasteiger partial charge in [0.25, 0.3) is 0 Å². The van der Waals surface area contributed by atoms with E-state index in [1.54, 1.807) is 7.11 Å². The summed E-state index contributed by atoms with van der Waals surface area (Å²) in [5, 5.41) is 14.7. The second kappa shape index (κ2) is 10.4. The Kier molecular flexibility index (Phi) is 6.77. The molecule has 0 atom stereocenters. The zero-order valence-electron chi connectivity index (χ0n) is 19.2. The van der Waals surface area contributed by atoms with E-state index in [-0.39, 0.29) is 11.7 Å². The fraction of sp³-hybridized carbons (Fsp3) is 0.107. The topological polar surface area (TPSA) is 69.0 Å². The highest BCUT2D eigenvalue weighted by molar-refractivity contribution is 7.99. The quantitative estimate of drug-likeness (QED) is 0.281. The molecule has 6 nitrogen and oxygen atoms in total. The van der Waals surface area contributed by atoms with Crippen molar-refractivity contribution < 1.29 is 9.53 Å². The monoisotopic (exact) mass is 480 g/mol. The Labute approximate surface area is 208 Å². The second-order valence-electron chi connectivity index (χ2n) is 7.94. The zero-order chi connectivity index (χ0) is 24.0. The SMILES string of the molecule is COc1ccccc1-c1nnc(SCC(=O)Nc2cccc3ccccc23)n1Cc1ccccc1. The number of carbonyl (C=O) groups is 1. The third-order valence-electron chi connectivity index (χ3n) is 5.64. The first-order valence-corrected chi connectivity index (χ1v) is 12.2. The van der Waals surface area contributed by atoms with Gasteiger partial charge >= 0.3 is 0 Å². The number of hydrogen-bond acceptors (Lipinski definition) is 5. The first-order valence-electron chi connectivity index (χ1n) is 11.2. The van der Waals surface area contributed by atoms with Crippen molar-refractivity contribution in [2.45, 2.75) is 11.7 Å². The predicted molar refractivity (Wildman–Crippen MR) is 141 cm³/mol. The molecule has 0 saturated heterocycles. The number of rotatable bonds is 8. The largest absolute Gasteiger partial charge is 0.496 e. The molecule has 4 aromatic carbocycles. The zero-order valence-corrected chi connectivity index (χ0v) is 20.0. The first kappa shape index (κ1) is 22.7. The molecule has 0 unspecified atom stereocenters. The van der Waals surface area contributed by atoms with Crippen LogP contribution in [0.4, 0.5) is 5.69 Å². The second-order valence-corrected chi connectivity index (χ2v) is 8.88. The van der Waals surface area contributed by atoms with Crippen LogP contribution in [0, 0.1) is 0 Å². The van der Waals surface area contributed by atoms with Crippen molar-refractivity contribution in [2.75, 3.05) is 18.2 Å². The summed E-state index contributed by atoms with van der Waals surface area (Å²) in [6.45, 7) is 0.578. The molecule has 1 heterocycles. The molecule has 0 aliphatic carbocycles. The van der Waals surface area contributed by atoms with Crippen LogP contribution in [0.25, 0.3) is 22.2 Å². The van der Waals surface area contributed by atoms with Crippen LogP contribution in [0.2, 0.25) is 0 Å². The van der Waals surface area contributed by atoms with Crippen molar-refractivity contribution in [1.29, 1.82) is 0 Å². The number of nitrogens with zero attached hydrogens (tertiary/aromatic N) is 3. The highest BCUT2D eigenvalue weighted by atomic mass is 32.2. The van der Waals surface area contributed by atoms with Crippen molar-refractivity contribution in [2.24, 2.45) is 0 Å². The number of nitrogens with one attached hydrogen (secondary N) is 1. The van der Waals surface area contributed by atoms with Gasteiger partial charge in [-0.3, -0.25) is 9.36 Å². The number of thioether (sulfide) groups is 1. The van der Waals surface area contributed by atoms with Crippen LogP contribution in [0.1, 0.15) is 5.56 Å². The molecular weight excluding hydrogens is 456 g/mol. The standard InChI is InChI=1S/C28H24N4O2S/c1-34-25-17-8-7-15-23(25)27-30-31-28(32(27)18-20-10-3-2-4-11-20)35-19-26(33)29-24-16-9-13-21-12-5-6-14-22(21)24/h2-17H,18-19H2,1H3,(H,29,33). The smallest absolute Gasteiger partial charge is 0.234 e. The minimum Gasteiger partial charge on any atom is -0.496 e. The van der Waals surface area contributed by atoms with E-state index >= 15 is 0 Å². The van der Waals surface area contributed by atoms with Gasteiger partial charge in [-0.1, -0.05) is 90.6 Å². The van der Waals surface area contributed by atoms with Crippen LogP contribution >= 0.6 is 11.8 Å². The third-order valence-corrected chi connectivity index (χ3v) is 6.61. The molecule has 0 radical (unpaired) electrons. The van der Waals surface area contributed by atoms with Crippen molar-refractivity contribution in [1.82, 2.24) is 14.8 Å². The minimum atomic E-state index is -0.0977. The number of para-hydroxylation sites is 1. The van der Waals surface area contributed by atoms with Gasteiger partial charge in [-0.25, -0.2) is 0 Å². The van der Waals surface area contributed by atoms with Crippen LogP contribution in [0.3, 0.4) is 0 Å². The van der Waals surface area contributed by atoms with Gasteiger partial charge in [0.15, 0.2) is 11.0 Å². The van der Waals surface area contributed by atoms with Crippen molar-refractivity contribution in [3.63, 3.8) is 0 Å². The average Bonchev–Trinajstić information content (AvgIpc) is 3.30. The molecule has 0 saturated carbocycles.